The summed E-state index contributed by atoms with van der Waals surface area (Å²) in [7, 11) is 0. The summed E-state index contributed by atoms with van der Waals surface area (Å²) < 4.78 is 0. The molecule has 0 fully saturated rings. The molecule has 0 spiro atoms. The summed E-state index contributed by atoms with van der Waals surface area (Å²) in [6.07, 6.45) is 2.80. The van der Waals surface area contributed by atoms with E-state index in [2.05, 4.69) is 14.8 Å². The summed E-state index contributed by atoms with van der Waals surface area (Å²) in [5, 5.41) is 9.00. The van der Waals surface area contributed by atoms with Crippen LogP contribution in [-0.2, 0) is 21.2 Å². The molecule has 0 aliphatic rings. The van der Waals surface area contributed by atoms with Crippen molar-refractivity contribution < 1.29 is 19.7 Å². The van der Waals surface area contributed by atoms with Gasteiger partial charge in [-0.15, -0.1) is 0 Å². The summed E-state index contributed by atoms with van der Waals surface area (Å²) in [6.45, 7) is 1.31. The Morgan fingerprint density at radius 3 is 3.00 bits per heavy atom. The fraction of sp³-hybridized carbons (Fsp3) is 0.250. The lowest BCUT2D eigenvalue weighted by Gasteiger charge is -2.00. The largest absolute Gasteiger partial charge is 0.506 e. The first kappa shape index (κ1) is 9.47. The van der Waals surface area contributed by atoms with Gasteiger partial charge in [0.05, 0.1) is 6.20 Å². The van der Waals surface area contributed by atoms with Gasteiger partial charge >= 0.3 is 5.97 Å². The second kappa shape index (κ2) is 4.42. The third-order valence-electron chi connectivity index (χ3n) is 1.18. The highest BCUT2D eigenvalue weighted by molar-refractivity contribution is 5.65. The van der Waals surface area contributed by atoms with Crippen LogP contribution in [0.15, 0.2) is 18.5 Å². The van der Waals surface area contributed by atoms with Gasteiger partial charge in [0.1, 0.15) is 12.4 Å². The van der Waals surface area contributed by atoms with Gasteiger partial charge in [-0.1, -0.05) is 0 Å². The molecule has 0 atom stereocenters. The van der Waals surface area contributed by atoms with Crippen LogP contribution in [0.25, 0.3) is 0 Å². The Labute approximate surface area is 74.9 Å². The van der Waals surface area contributed by atoms with Crippen LogP contribution >= 0.6 is 0 Å². The first-order valence-electron chi connectivity index (χ1n) is 3.61. The lowest BCUT2D eigenvalue weighted by Crippen LogP contribution is -2.00. The van der Waals surface area contributed by atoms with Crippen molar-refractivity contribution >= 4 is 5.97 Å². The van der Waals surface area contributed by atoms with Crippen molar-refractivity contribution in [2.45, 2.75) is 13.5 Å². The number of nitrogens with zero attached hydrogens (tertiary/aromatic N) is 1. The monoisotopic (exact) mass is 183 g/mol. The molecule has 0 aromatic carbocycles. The third kappa shape index (κ3) is 3.53. The van der Waals surface area contributed by atoms with Crippen LogP contribution in [0.3, 0.4) is 0 Å². The van der Waals surface area contributed by atoms with E-state index >= 15 is 0 Å². The average molecular weight is 183 g/mol. The van der Waals surface area contributed by atoms with E-state index in [1.165, 1.54) is 25.4 Å². The Morgan fingerprint density at radius 2 is 2.38 bits per heavy atom. The third-order valence-corrected chi connectivity index (χ3v) is 1.18. The Balaban J connectivity index is 2.41. The fourth-order valence-corrected chi connectivity index (χ4v) is 0.733. The zero-order chi connectivity index (χ0) is 9.68. The summed E-state index contributed by atoms with van der Waals surface area (Å²) in [5.41, 5.74) is 0.626. The number of pyridine rings is 1. The van der Waals surface area contributed by atoms with E-state index < -0.39 is 5.97 Å². The molecular formula is C8H9NO4. The van der Waals surface area contributed by atoms with Crippen molar-refractivity contribution in [3.05, 3.63) is 24.0 Å². The molecule has 1 heterocycles. The van der Waals surface area contributed by atoms with E-state index in [1.54, 1.807) is 0 Å². The second-order valence-electron chi connectivity index (χ2n) is 2.39. The van der Waals surface area contributed by atoms with E-state index in [-0.39, 0.29) is 12.4 Å². The van der Waals surface area contributed by atoms with Crippen LogP contribution in [0.1, 0.15) is 12.5 Å². The summed E-state index contributed by atoms with van der Waals surface area (Å²) >= 11 is 0. The molecule has 1 aromatic rings. The van der Waals surface area contributed by atoms with Crippen LogP contribution in [0.2, 0.25) is 0 Å². The first-order valence-corrected chi connectivity index (χ1v) is 3.61. The minimum absolute atomic E-state index is 0.0453. The minimum Gasteiger partial charge on any atom is -0.506 e. The normalized spacial score (nSPS) is 9.62. The van der Waals surface area contributed by atoms with E-state index in [4.69, 9.17) is 5.11 Å². The molecule has 0 saturated carbocycles. The van der Waals surface area contributed by atoms with Crippen molar-refractivity contribution in [3.63, 3.8) is 0 Å². The van der Waals surface area contributed by atoms with E-state index in [0.717, 1.165) is 0 Å². The molecule has 1 rings (SSSR count). The number of carbonyl (C=O) groups excluding carboxylic acids is 1. The molecule has 0 amide bonds. The first-order chi connectivity index (χ1) is 6.18. The van der Waals surface area contributed by atoms with Gasteiger partial charge in [0.2, 0.25) is 0 Å². The molecule has 1 N–H and O–H groups in total. The highest BCUT2D eigenvalue weighted by atomic mass is 17.2. The van der Waals surface area contributed by atoms with E-state index in [9.17, 15) is 4.79 Å². The Kier molecular flexibility index (Phi) is 3.22. The highest BCUT2D eigenvalue weighted by Crippen LogP contribution is 2.09. The van der Waals surface area contributed by atoms with Gasteiger partial charge < -0.3 is 5.11 Å². The molecule has 70 valence electrons. The van der Waals surface area contributed by atoms with Crippen LogP contribution in [0.5, 0.6) is 5.75 Å². The van der Waals surface area contributed by atoms with Gasteiger partial charge in [-0.25, -0.2) is 4.79 Å². The average Bonchev–Trinajstić information content (AvgIpc) is 2.03. The van der Waals surface area contributed by atoms with Crippen molar-refractivity contribution in [2.75, 3.05) is 0 Å². The highest BCUT2D eigenvalue weighted by Gasteiger charge is 1.98. The Morgan fingerprint density at radius 1 is 1.62 bits per heavy atom. The standard InChI is InChI=1S/C8H9NO4/c1-6(10)13-12-5-7-2-8(11)4-9-3-7/h2-4,11H,5H2,1H3. The molecule has 5 heteroatoms. The van der Waals surface area contributed by atoms with Gasteiger partial charge in [-0.05, 0) is 6.07 Å². The van der Waals surface area contributed by atoms with Crippen LogP contribution < -0.4 is 0 Å². The number of hydrogen-bond acceptors (Lipinski definition) is 5. The molecule has 1 aromatic heterocycles. The lowest BCUT2D eigenvalue weighted by molar-refractivity contribution is -0.277. The molecule has 0 bridgehead atoms. The molecule has 0 radical (unpaired) electrons. The molecule has 0 unspecified atom stereocenters. The molecule has 13 heavy (non-hydrogen) atoms. The van der Waals surface area contributed by atoms with Crippen molar-refractivity contribution in [2.24, 2.45) is 0 Å². The second-order valence-corrected chi connectivity index (χ2v) is 2.39. The minimum atomic E-state index is -0.520. The predicted molar refractivity (Wildman–Crippen MR) is 42.5 cm³/mol. The van der Waals surface area contributed by atoms with Crippen LogP contribution in [0.4, 0.5) is 0 Å². The van der Waals surface area contributed by atoms with E-state index in [1.807, 2.05) is 0 Å². The van der Waals surface area contributed by atoms with Gasteiger partial charge in [0, 0.05) is 18.7 Å². The smallest absolute Gasteiger partial charge is 0.339 e. The zero-order valence-electron chi connectivity index (χ0n) is 7.06. The van der Waals surface area contributed by atoms with Crippen molar-refractivity contribution in [1.82, 2.24) is 4.98 Å². The van der Waals surface area contributed by atoms with Crippen molar-refractivity contribution in [1.29, 1.82) is 0 Å². The van der Waals surface area contributed by atoms with Gasteiger partial charge in [0.15, 0.2) is 0 Å². The van der Waals surface area contributed by atoms with Crippen LogP contribution in [-0.4, -0.2) is 16.1 Å². The lowest BCUT2D eigenvalue weighted by atomic mass is 10.3. The van der Waals surface area contributed by atoms with E-state index in [0.29, 0.717) is 5.56 Å². The summed E-state index contributed by atoms with van der Waals surface area (Å²) in [5.74, 6) is -0.475. The number of carbonyl (C=O) groups is 1. The number of hydrogen-bond donors (Lipinski definition) is 1. The molecular weight excluding hydrogens is 174 g/mol. The Bertz CT molecular complexity index is 300. The van der Waals surface area contributed by atoms with Crippen LogP contribution in [0, 0.1) is 0 Å². The SMILES string of the molecule is CC(=O)OOCc1cncc(O)c1. The molecule has 0 aliphatic carbocycles. The summed E-state index contributed by atoms with van der Waals surface area (Å²) in [6, 6.07) is 1.47. The Hall–Kier alpha value is -1.62. The predicted octanol–water partition coefficient (Wildman–Crippen LogP) is 0.782. The molecule has 0 saturated heterocycles. The molecule has 5 nitrogen and oxygen atoms in total. The maximum Gasteiger partial charge on any atom is 0.339 e. The topological polar surface area (TPSA) is 68.7 Å². The zero-order valence-corrected chi connectivity index (χ0v) is 7.06. The van der Waals surface area contributed by atoms with Gasteiger partial charge in [-0.3, -0.25) is 9.87 Å². The summed E-state index contributed by atoms with van der Waals surface area (Å²) in [4.78, 5) is 22.8. The van der Waals surface area contributed by atoms with Gasteiger partial charge in [0.25, 0.3) is 0 Å². The number of rotatable bonds is 3. The maximum atomic E-state index is 10.3. The van der Waals surface area contributed by atoms with Crippen molar-refractivity contribution in [3.8, 4) is 5.75 Å². The quantitative estimate of drug-likeness (QED) is 0.554. The number of aromatic hydroxyl groups is 1. The number of aromatic nitrogens is 1. The van der Waals surface area contributed by atoms with Gasteiger partial charge in [-0.2, -0.15) is 4.89 Å². The molecule has 0 aliphatic heterocycles. The fourth-order valence-electron chi connectivity index (χ4n) is 0.733. The maximum absolute atomic E-state index is 10.3.